The molecule has 0 heterocycles. The van der Waals surface area contributed by atoms with E-state index >= 15 is 0 Å². The first-order valence-electron chi connectivity index (χ1n) is 7.98. The van der Waals surface area contributed by atoms with E-state index in [-0.39, 0.29) is 5.75 Å². The van der Waals surface area contributed by atoms with Crippen LogP contribution in [0.1, 0.15) is 11.1 Å². The maximum Gasteiger partial charge on any atom is 0.203 e. The lowest BCUT2D eigenvalue weighted by Gasteiger charge is -2.12. The molecule has 0 amide bonds. The number of allylic oxidation sites excluding steroid dienone is 2. The van der Waals surface area contributed by atoms with Crippen LogP contribution in [0.2, 0.25) is 0 Å². The van der Waals surface area contributed by atoms with E-state index in [0.29, 0.717) is 28.6 Å². The van der Waals surface area contributed by atoms with E-state index in [2.05, 4.69) is 23.7 Å². The molecule has 0 saturated carbocycles. The normalized spacial score (nSPS) is 9.63. The highest BCUT2D eigenvalue weighted by molar-refractivity contribution is 5.57. The van der Waals surface area contributed by atoms with Crippen LogP contribution < -0.4 is 18.9 Å². The topological polar surface area (TPSA) is 57.2 Å². The van der Waals surface area contributed by atoms with E-state index < -0.39 is 0 Å². The molecule has 2 rings (SSSR count). The number of phenolic OH excluding ortho intramolecular Hbond substituents is 1. The quantitative estimate of drug-likeness (QED) is 0.843. The van der Waals surface area contributed by atoms with Crippen LogP contribution in [0.4, 0.5) is 0 Å². The highest BCUT2D eigenvalue weighted by atomic mass is 16.5. The lowest BCUT2D eigenvalue weighted by molar-refractivity contribution is 0.324. The molecule has 5 heteroatoms. The van der Waals surface area contributed by atoms with Gasteiger partial charge < -0.3 is 24.1 Å². The zero-order valence-corrected chi connectivity index (χ0v) is 15.6. The Kier molecular flexibility index (Phi) is 7.05. The van der Waals surface area contributed by atoms with Crippen molar-refractivity contribution >= 4 is 0 Å². The summed E-state index contributed by atoms with van der Waals surface area (Å²) < 4.78 is 20.9. The van der Waals surface area contributed by atoms with Gasteiger partial charge in [-0.25, -0.2) is 0 Å². The number of benzene rings is 2. The van der Waals surface area contributed by atoms with E-state index in [4.69, 9.17) is 18.9 Å². The molecule has 0 fully saturated rings. The number of methoxy groups -OCH3 is 4. The van der Waals surface area contributed by atoms with Gasteiger partial charge in [-0.05, 0) is 42.5 Å². The molecular formula is C22H20O5. The molecule has 0 aliphatic heterocycles. The molecule has 2 aromatic carbocycles. The Morgan fingerprint density at radius 1 is 0.704 bits per heavy atom. The smallest absolute Gasteiger partial charge is 0.203 e. The van der Waals surface area contributed by atoms with Gasteiger partial charge in [0.25, 0.3) is 0 Å². The van der Waals surface area contributed by atoms with Gasteiger partial charge in [-0.2, -0.15) is 0 Å². The Hall–Kier alpha value is -3.70. The lowest BCUT2D eigenvalue weighted by atomic mass is 10.2. The fourth-order valence-electron chi connectivity index (χ4n) is 2.25. The summed E-state index contributed by atoms with van der Waals surface area (Å²) in [5, 5.41) is 9.72. The third-order valence-electron chi connectivity index (χ3n) is 3.53. The average molecular weight is 364 g/mol. The van der Waals surface area contributed by atoms with Gasteiger partial charge in [0.05, 0.1) is 28.4 Å². The highest BCUT2D eigenvalue weighted by Gasteiger charge is 2.11. The molecule has 0 bridgehead atoms. The van der Waals surface area contributed by atoms with E-state index in [0.717, 1.165) is 5.56 Å². The first-order valence-corrected chi connectivity index (χ1v) is 7.98. The van der Waals surface area contributed by atoms with Crippen LogP contribution in [-0.2, 0) is 0 Å². The second-order valence-electron chi connectivity index (χ2n) is 5.17. The van der Waals surface area contributed by atoms with Crippen molar-refractivity contribution in [2.75, 3.05) is 28.4 Å². The molecule has 1 N–H and O–H groups in total. The number of ether oxygens (including phenoxy) is 4. The Balaban J connectivity index is 2.12. The zero-order valence-electron chi connectivity index (χ0n) is 15.6. The van der Waals surface area contributed by atoms with Crippen molar-refractivity contribution in [1.29, 1.82) is 0 Å². The summed E-state index contributed by atoms with van der Waals surface area (Å²) in [7, 11) is 6.16. The van der Waals surface area contributed by atoms with Gasteiger partial charge in [0.2, 0.25) is 5.75 Å². The van der Waals surface area contributed by atoms with Crippen LogP contribution in [0.15, 0.2) is 42.5 Å². The fourth-order valence-corrected chi connectivity index (χ4v) is 2.25. The lowest BCUT2D eigenvalue weighted by Crippen LogP contribution is -1.95. The molecule has 0 aliphatic carbocycles. The number of rotatable bonds is 4. The van der Waals surface area contributed by atoms with Crippen molar-refractivity contribution in [2.45, 2.75) is 0 Å². The first kappa shape index (κ1) is 19.6. The minimum atomic E-state index is 0.0514. The van der Waals surface area contributed by atoms with Crippen LogP contribution in [0.5, 0.6) is 28.7 Å². The van der Waals surface area contributed by atoms with Crippen molar-refractivity contribution in [3.8, 4) is 52.4 Å². The van der Waals surface area contributed by atoms with Crippen LogP contribution in [0.3, 0.4) is 0 Å². The van der Waals surface area contributed by atoms with Gasteiger partial charge >= 0.3 is 0 Å². The Morgan fingerprint density at radius 2 is 1.26 bits per heavy atom. The summed E-state index contributed by atoms with van der Waals surface area (Å²) in [6.07, 6.45) is 3.27. The van der Waals surface area contributed by atoms with Crippen LogP contribution in [-0.4, -0.2) is 33.5 Å². The van der Waals surface area contributed by atoms with Crippen LogP contribution in [0.25, 0.3) is 0 Å². The third kappa shape index (κ3) is 5.14. The standard InChI is InChI=1S/C22H20O5/c1-24-19-12-11-16(13-18(19)23)9-7-5-6-8-10-17-14-20(25-2)22(27-4)21(15-17)26-3/h5-6,11-15,23H,1-4H3/b6-5-. The molecule has 0 saturated heterocycles. The molecule has 2 aromatic rings. The molecule has 138 valence electrons. The Labute approximate surface area is 159 Å². The van der Waals surface area contributed by atoms with Crippen molar-refractivity contribution in [2.24, 2.45) is 0 Å². The zero-order chi connectivity index (χ0) is 19.6. The summed E-state index contributed by atoms with van der Waals surface area (Å²) >= 11 is 0. The second kappa shape index (κ2) is 9.70. The van der Waals surface area contributed by atoms with E-state index in [1.807, 2.05) is 0 Å². The number of aromatic hydroxyl groups is 1. The SMILES string of the molecule is COc1ccc(C#C/C=C\C#Cc2cc(OC)c(OC)c(OC)c2)cc1O. The minimum absolute atomic E-state index is 0.0514. The number of phenols is 1. The Morgan fingerprint density at radius 3 is 1.74 bits per heavy atom. The maximum atomic E-state index is 9.72. The van der Waals surface area contributed by atoms with Crippen LogP contribution >= 0.6 is 0 Å². The first-order chi connectivity index (χ1) is 13.1. The van der Waals surface area contributed by atoms with Crippen molar-refractivity contribution < 1.29 is 24.1 Å². The minimum Gasteiger partial charge on any atom is -0.504 e. The van der Waals surface area contributed by atoms with E-state index in [9.17, 15) is 5.11 Å². The summed E-state index contributed by atoms with van der Waals surface area (Å²) in [6.45, 7) is 0. The summed E-state index contributed by atoms with van der Waals surface area (Å²) in [5.41, 5.74) is 1.40. The Bertz CT molecular complexity index is 927. The molecule has 0 unspecified atom stereocenters. The summed E-state index contributed by atoms with van der Waals surface area (Å²) in [6, 6.07) is 8.51. The highest BCUT2D eigenvalue weighted by Crippen LogP contribution is 2.37. The molecule has 0 aliphatic rings. The second-order valence-corrected chi connectivity index (χ2v) is 5.17. The van der Waals surface area contributed by atoms with Gasteiger partial charge in [-0.15, -0.1) is 0 Å². The fraction of sp³-hybridized carbons (Fsp3) is 0.182. The molecule has 0 spiro atoms. The predicted octanol–water partition coefficient (Wildman–Crippen LogP) is 3.39. The molecule has 27 heavy (non-hydrogen) atoms. The molecule has 0 radical (unpaired) electrons. The molecule has 5 nitrogen and oxygen atoms in total. The van der Waals surface area contributed by atoms with E-state index in [1.54, 1.807) is 63.8 Å². The molecular weight excluding hydrogens is 344 g/mol. The largest absolute Gasteiger partial charge is 0.504 e. The van der Waals surface area contributed by atoms with Gasteiger partial charge in [0, 0.05) is 11.1 Å². The maximum absolute atomic E-state index is 9.72. The molecule has 0 atom stereocenters. The number of hydrogen-bond acceptors (Lipinski definition) is 5. The van der Waals surface area contributed by atoms with E-state index in [1.165, 1.54) is 7.11 Å². The summed E-state index contributed by atoms with van der Waals surface area (Å²) in [5.74, 6) is 13.7. The van der Waals surface area contributed by atoms with Crippen molar-refractivity contribution in [1.82, 2.24) is 0 Å². The third-order valence-corrected chi connectivity index (χ3v) is 3.53. The van der Waals surface area contributed by atoms with Crippen LogP contribution in [0, 0.1) is 23.7 Å². The molecule has 0 aromatic heterocycles. The van der Waals surface area contributed by atoms with Gasteiger partial charge in [0.1, 0.15) is 0 Å². The number of hydrogen-bond donors (Lipinski definition) is 1. The van der Waals surface area contributed by atoms with Gasteiger partial charge in [-0.3, -0.25) is 0 Å². The van der Waals surface area contributed by atoms with Crippen molar-refractivity contribution in [3.63, 3.8) is 0 Å². The predicted molar refractivity (Wildman–Crippen MR) is 104 cm³/mol. The average Bonchev–Trinajstić information content (AvgIpc) is 2.69. The monoisotopic (exact) mass is 364 g/mol. The summed E-state index contributed by atoms with van der Waals surface area (Å²) in [4.78, 5) is 0. The van der Waals surface area contributed by atoms with Gasteiger partial charge in [0.15, 0.2) is 23.0 Å². The van der Waals surface area contributed by atoms with Gasteiger partial charge in [-0.1, -0.05) is 23.7 Å². The van der Waals surface area contributed by atoms with Crippen molar-refractivity contribution in [3.05, 3.63) is 53.6 Å².